The molecule has 1 aliphatic rings. The van der Waals surface area contributed by atoms with Gasteiger partial charge in [0.1, 0.15) is 0 Å². The zero-order valence-electron chi connectivity index (χ0n) is 11.3. The Morgan fingerprint density at radius 1 is 1.29 bits per heavy atom. The molecule has 3 nitrogen and oxygen atoms in total. The highest BCUT2D eigenvalue weighted by Gasteiger charge is 2.40. The predicted octanol–water partition coefficient (Wildman–Crippen LogP) is 3.50. The minimum absolute atomic E-state index is 0.0564. The Bertz CT molecular complexity index is 618. The van der Waals surface area contributed by atoms with Crippen molar-refractivity contribution in [1.29, 1.82) is 0 Å². The smallest absolute Gasteiger partial charge is 0.207 e. The van der Waals surface area contributed by atoms with Crippen LogP contribution in [0.15, 0.2) is 29.2 Å². The lowest BCUT2D eigenvalue weighted by Gasteiger charge is -2.33. The second kappa shape index (κ2) is 5.89. The molecule has 0 bridgehead atoms. The van der Waals surface area contributed by atoms with Crippen molar-refractivity contribution in [3.63, 3.8) is 0 Å². The summed E-state index contributed by atoms with van der Waals surface area (Å²) in [5.41, 5.74) is -1.12. The van der Waals surface area contributed by atoms with E-state index in [-0.39, 0.29) is 23.8 Å². The van der Waals surface area contributed by atoms with Gasteiger partial charge in [-0.1, -0.05) is 35.0 Å². The topological polar surface area (TPSA) is 37.4 Å². The summed E-state index contributed by atoms with van der Waals surface area (Å²) in [5.74, 6) is 0.286. The van der Waals surface area contributed by atoms with Gasteiger partial charge in [0.2, 0.25) is 10.0 Å². The SMILES string of the molecule is CC1CCN(S(=O)(=O)c2ccccc2C(F)(F)F)CC1Br. The van der Waals surface area contributed by atoms with E-state index in [1.165, 1.54) is 12.1 Å². The Hall–Kier alpha value is -0.600. The summed E-state index contributed by atoms with van der Waals surface area (Å²) in [6.45, 7) is 2.39. The largest absolute Gasteiger partial charge is 0.417 e. The van der Waals surface area contributed by atoms with Gasteiger partial charge in [-0.2, -0.15) is 17.5 Å². The van der Waals surface area contributed by atoms with Gasteiger partial charge in [0, 0.05) is 17.9 Å². The average Bonchev–Trinajstić information content (AvgIpc) is 2.41. The lowest BCUT2D eigenvalue weighted by atomic mass is 10.0. The van der Waals surface area contributed by atoms with Gasteiger partial charge in [-0.25, -0.2) is 8.42 Å². The van der Waals surface area contributed by atoms with E-state index in [1.807, 2.05) is 6.92 Å². The minimum atomic E-state index is -4.69. The fraction of sp³-hybridized carbons (Fsp3) is 0.538. The number of alkyl halides is 4. The van der Waals surface area contributed by atoms with Gasteiger partial charge in [0.15, 0.2) is 0 Å². The van der Waals surface area contributed by atoms with Crippen molar-refractivity contribution in [3.8, 4) is 0 Å². The summed E-state index contributed by atoms with van der Waals surface area (Å²) in [5, 5.41) is 0. The van der Waals surface area contributed by atoms with Crippen LogP contribution in [0.5, 0.6) is 0 Å². The van der Waals surface area contributed by atoms with Crippen molar-refractivity contribution < 1.29 is 21.6 Å². The molecule has 1 aromatic carbocycles. The molecule has 1 fully saturated rings. The fourth-order valence-corrected chi connectivity index (χ4v) is 4.78. The van der Waals surface area contributed by atoms with Gasteiger partial charge in [-0.3, -0.25) is 0 Å². The highest BCUT2D eigenvalue weighted by molar-refractivity contribution is 9.09. The molecule has 8 heteroatoms. The Balaban J connectivity index is 2.42. The zero-order chi connectivity index (χ0) is 15.8. The highest BCUT2D eigenvalue weighted by atomic mass is 79.9. The van der Waals surface area contributed by atoms with Gasteiger partial charge in [-0.15, -0.1) is 0 Å². The molecule has 2 rings (SSSR count). The molecule has 21 heavy (non-hydrogen) atoms. The molecular formula is C13H15BrF3NO2S. The van der Waals surface area contributed by atoms with Crippen LogP contribution in [0.25, 0.3) is 0 Å². The molecule has 2 atom stereocenters. The first-order valence-corrected chi connectivity index (χ1v) is 8.80. The number of benzene rings is 1. The lowest BCUT2D eigenvalue weighted by Crippen LogP contribution is -2.43. The van der Waals surface area contributed by atoms with Crippen molar-refractivity contribution in [1.82, 2.24) is 4.31 Å². The number of hydrogen-bond donors (Lipinski definition) is 0. The molecular weight excluding hydrogens is 371 g/mol. The van der Waals surface area contributed by atoms with Crippen LogP contribution < -0.4 is 0 Å². The van der Waals surface area contributed by atoms with Crippen LogP contribution in [0.1, 0.15) is 18.9 Å². The molecule has 1 saturated heterocycles. The number of sulfonamides is 1. The molecule has 0 saturated carbocycles. The van der Waals surface area contributed by atoms with Crippen LogP contribution in [0, 0.1) is 5.92 Å². The second-order valence-corrected chi connectivity index (χ2v) is 8.22. The fourth-order valence-electron chi connectivity index (χ4n) is 2.28. The zero-order valence-corrected chi connectivity index (χ0v) is 13.7. The highest BCUT2D eigenvalue weighted by Crippen LogP contribution is 2.36. The van der Waals surface area contributed by atoms with Crippen LogP contribution in [0.4, 0.5) is 13.2 Å². The first kappa shape index (κ1) is 16.8. The van der Waals surface area contributed by atoms with E-state index < -0.39 is 26.7 Å². The maximum atomic E-state index is 13.0. The minimum Gasteiger partial charge on any atom is -0.207 e. The van der Waals surface area contributed by atoms with Crippen molar-refractivity contribution in [3.05, 3.63) is 29.8 Å². The summed E-state index contributed by atoms with van der Waals surface area (Å²) in [6.07, 6.45) is -4.08. The number of hydrogen-bond acceptors (Lipinski definition) is 2. The lowest BCUT2D eigenvalue weighted by molar-refractivity contribution is -0.139. The number of halogens is 4. The van der Waals surface area contributed by atoms with Gasteiger partial charge in [0.25, 0.3) is 0 Å². The number of nitrogens with zero attached hydrogens (tertiary/aromatic N) is 1. The van der Waals surface area contributed by atoms with E-state index in [0.29, 0.717) is 6.42 Å². The van der Waals surface area contributed by atoms with E-state index in [2.05, 4.69) is 15.9 Å². The van der Waals surface area contributed by atoms with Crippen LogP contribution in [0.2, 0.25) is 0 Å². The van der Waals surface area contributed by atoms with Gasteiger partial charge in [0.05, 0.1) is 10.5 Å². The standard InChI is InChI=1S/C13H15BrF3NO2S/c1-9-6-7-18(8-11(9)14)21(19,20)12-5-3-2-4-10(12)13(15,16)17/h2-5,9,11H,6-8H2,1H3. The third-order valence-electron chi connectivity index (χ3n) is 3.64. The van der Waals surface area contributed by atoms with E-state index in [0.717, 1.165) is 16.4 Å². The average molecular weight is 386 g/mol. The molecule has 0 aromatic heterocycles. The third-order valence-corrected chi connectivity index (χ3v) is 6.75. The second-order valence-electron chi connectivity index (χ2n) is 5.14. The Morgan fingerprint density at radius 3 is 2.48 bits per heavy atom. The van der Waals surface area contributed by atoms with E-state index >= 15 is 0 Å². The molecule has 0 spiro atoms. The Morgan fingerprint density at radius 2 is 1.90 bits per heavy atom. The van der Waals surface area contributed by atoms with Crippen molar-refractivity contribution >= 4 is 26.0 Å². The number of rotatable bonds is 2. The van der Waals surface area contributed by atoms with Crippen LogP contribution >= 0.6 is 15.9 Å². The normalized spacial score (nSPS) is 25.0. The predicted molar refractivity (Wildman–Crippen MR) is 76.7 cm³/mol. The van der Waals surface area contributed by atoms with Crippen LogP contribution in [0.3, 0.4) is 0 Å². The van der Waals surface area contributed by atoms with Crippen LogP contribution in [-0.4, -0.2) is 30.6 Å². The summed E-state index contributed by atoms with van der Waals surface area (Å²) in [7, 11) is -4.15. The molecule has 1 aliphatic heterocycles. The van der Waals surface area contributed by atoms with E-state index in [9.17, 15) is 21.6 Å². The van der Waals surface area contributed by atoms with Crippen molar-refractivity contribution in [2.75, 3.05) is 13.1 Å². The molecule has 1 aromatic rings. The van der Waals surface area contributed by atoms with Gasteiger partial charge < -0.3 is 0 Å². The maximum absolute atomic E-state index is 13.0. The Labute approximate surface area is 130 Å². The van der Waals surface area contributed by atoms with Crippen LogP contribution in [-0.2, 0) is 16.2 Å². The number of piperidine rings is 1. The molecule has 2 unspecified atom stereocenters. The monoisotopic (exact) mass is 385 g/mol. The molecule has 1 heterocycles. The van der Waals surface area contributed by atoms with E-state index in [4.69, 9.17) is 0 Å². The molecule has 0 amide bonds. The van der Waals surface area contributed by atoms with Crippen molar-refractivity contribution in [2.45, 2.75) is 29.2 Å². The third kappa shape index (κ3) is 3.43. The summed E-state index contributed by atoms with van der Waals surface area (Å²) >= 11 is 3.39. The maximum Gasteiger partial charge on any atom is 0.417 e. The van der Waals surface area contributed by atoms with Gasteiger partial charge in [-0.05, 0) is 24.5 Å². The molecule has 0 radical (unpaired) electrons. The molecule has 0 N–H and O–H groups in total. The summed E-state index contributed by atoms with van der Waals surface area (Å²) < 4.78 is 65.1. The Kier molecular flexibility index (Phi) is 4.70. The summed E-state index contributed by atoms with van der Waals surface area (Å²) in [4.78, 5) is -0.731. The quantitative estimate of drug-likeness (QED) is 0.730. The first-order valence-electron chi connectivity index (χ1n) is 6.44. The summed E-state index contributed by atoms with van der Waals surface area (Å²) in [6, 6.07) is 4.30. The van der Waals surface area contributed by atoms with E-state index in [1.54, 1.807) is 0 Å². The molecule has 0 aliphatic carbocycles. The first-order chi connectivity index (χ1) is 9.64. The van der Waals surface area contributed by atoms with Gasteiger partial charge >= 0.3 is 6.18 Å². The van der Waals surface area contributed by atoms with Crippen molar-refractivity contribution in [2.24, 2.45) is 5.92 Å². The molecule has 118 valence electrons.